The summed E-state index contributed by atoms with van der Waals surface area (Å²) in [6.07, 6.45) is 6.33. The normalized spacial score (nSPS) is 25.6. The number of nitrogens with zero attached hydrogens (tertiary/aromatic N) is 2. The van der Waals surface area contributed by atoms with Crippen molar-refractivity contribution in [2.45, 2.75) is 37.8 Å². The Morgan fingerprint density at radius 3 is 2.94 bits per heavy atom. The number of hydrogen-bond donors (Lipinski definition) is 2. The lowest BCUT2D eigenvalue weighted by Crippen LogP contribution is -2.31. The Bertz CT molecular complexity index is 285. The highest BCUT2D eigenvalue weighted by Crippen LogP contribution is 2.19. The fourth-order valence-electron chi connectivity index (χ4n) is 1.89. The third-order valence-corrected chi connectivity index (χ3v) is 3.43. The van der Waals surface area contributed by atoms with Gasteiger partial charge in [0.1, 0.15) is 6.33 Å². The van der Waals surface area contributed by atoms with Crippen molar-refractivity contribution in [1.82, 2.24) is 9.36 Å². The van der Waals surface area contributed by atoms with Gasteiger partial charge in [-0.2, -0.15) is 4.37 Å². The van der Waals surface area contributed by atoms with Gasteiger partial charge in [-0.25, -0.2) is 4.98 Å². The fourth-order valence-corrected chi connectivity index (χ4v) is 2.34. The van der Waals surface area contributed by atoms with E-state index in [4.69, 9.17) is 10.5 Å². The third-order valence-electron chi connectivity index (χ3n) is 2.81. The number of hydrogen-bond acceptors (Lipinski definition) is 6. The summed E-state index contributed by atoms with van der Waals surface area (Å²) < 4.78 is 9.68. The van der Waals surface area contributed by atoms with E-state index in [9.17, 15) is 0 Å². The van der Waals surface area contributed by atoms with Crippen LogP contribution < -0.4 is 11.1 Å². The van der Waals surface area contributed by atoms with Gasteiger partial charge >= 0.3 is 0 Å². The molecule has 1 aliphatic carbocycles. The minimum atomic E-state index is 0.388. The number of rotatable bonds is 5. The molecular formula is C10H18N4OS. The molecule has 1 saturated carbocycles. The molecule has 1 aliphatic rings. The van der Waals surface area contributed by atoms with Crippen molar-refractivity contribution in [3.8, 4) is 0 Å². The van der Waals surface area contributed by atoms with Crippen LogP contribution in [-0.2, 0) is 4.74 Å². The van der Waals surface area contributed by atoms with Gasteiger partial charge in [-0.1, -0.05) is 0 Å². The quantitative estimate of drug-likeness (QED) is 0.760. The van der Waals surface area contributed by atoms with Crippen LogP contribution in [0.3, 0.4) is 0 Å². The first-order chi connectivity index (χ1) is 7.84. The largest absolute Gasteiger partial charge is 0.376 e. The summed E-state index contributed by atoms with van der Waals surface area (Å²) >= 11 is 1.36. The predicted octanol–water partition coefficient (Wildman–Crippen LogP) is 1.24. The summed E-state index contributed by atoms with van der Waals surface area (Å²) in [4.78, 5) is 4.03. The zero-order chi connectivity index (χ0) is 11.2. The molecular weight excluding hydrogens is 224 g/mol. The Morgan fingerprint density at radius 1 is 1.44 bits per heavy atom. The Kier molecular flexibility index (Phi) is 4.50. The van der Waals surface area contributed by atoms with Gasteiger partial charge in [0.15, 0.2) is 0 Å². The summed E-state index contributed by atoms with van der Waals surface area (Å²) in [5.41, 5.74) is 5.83. The first-order valence-corrected chi connectivity index (χ1v) is 6.49. The van der Waals surface area contributed by atoms with E-state index in [0.29, 0.717) is 12.1 Å². The van der Waals surface area contributed by atoms with E-state index >= 15 is 0 Å². The molecule has 3 N–H and O–H groups in total. The molecule has 0 radical (unpaired) electrons. The van der Waals surface area contributed by atoms with Crippen molar-refractivity contribution in [1.29, 1.82) is 0 Å². The molecule has 2 rings (SSSR count). The second-order valence-corrected chi connectivity index (χ2v) is 4.86. The first-order valence-electron chi connectivity index (χ1n) is 5.72. The molecule has 0 atom stereocenters. The monoisotopic (exact) mass is 242 g/mol. The maximum atomic E-state index is 5.83. The molecule has 0 bridgehead atoms. The van der Waals surface area contributed by atoms with E-state index in [0.717, 1.165) is 44.0 Å². The van der Waals surface area contributed by atoms with Crippen LogP contribution in [0.1, 0.15) is 25.7 Å². The molecule has 5 nitrogen and oxygen atoms in total. The Labute approximate surface area is 99.6 Å². The third kappa shape index (κ3) is 3.70. The minimum Gasteiger partial charge on any atom is -0.376 e. The standard InChI is InChI=1S/C10H18N4OS/c11-8-1-3-9(4-2-8)15-6-5-12-10-13-7-14-16-10/h7-9H,1-6,11H2,(H,12,13,14). The van der Waals surface area contributed by atoms with Gasteiger partial charge in [0.05, 0.1) is 12.7 Å². The van der Waals surface area contributed by atoms with Crippen LogP contribution in [0.15, 0.2) is 6.33 Å². The highest BCUT2D eigenvalue weighted by Gasteiger charge is 2.18. The topological polar surface area (TPSA) is 73.1 Å². The average molecular weight is 242 g/mol. The molecule has 1 aromatic rings. The lowest BCUT2D eigenvalue weighted by Gasteiger charge is -2.26. The average Bonchev–Trinajstić information content (AvgIpc) is 2.80. The summed E-state index contributed by atoms with van der Waals surface area (Å²) in [7, 11) is 0. The number of aromatic nitrogens is 2. The molecule has 1 fully saturated rings. The van der Waals surface area contributed by atoms with Gasteiger partial charge in [0, 0.05) is 24.1 Å². The summed E-state index contributed by atoms with van der Waals surface area (Å²) in [5.74, 6) is 0. The highest BCUT2D eigenvalue weighted by molar-refractivity contribution is 7.09. The number of ether oxygens (including phenoxy) is 1. The van der Waals surface area contributed by atoms with Crippen LogP contribution in [-0.4, -0.2) is 34.7 Å². The number of anilines is 1. The van der Waals surface area contributed by atoms with E-state index in [1.807, 2.05) is 0 Å². The molecule has 0 amide bonds. The van der Waals surface area contributed by atoms with Crippen molar-refractivity contribution in [2.24, 2.45) is 5.73 Å². The van der Waals surface area contributed by atoms with Crippen LogP contribution in [0.5, 0.6) is 0 Å². The predicted molar refractivity (Wildman–Crippen MR) is 64.6 cm³/mol. The minimum absolute atomic E-state index is 0.388. The molecule has 6 heteroatoms. The molecule has 0 aromatic carbocycles. The van der Waals surface area contributed by atoms with Crippen LogP contribution in [0.25, 0.3) is 0 Å². The van der Waals surface area contributed by atoms with Gasteiger partial charge in [-0.05, 0) is 25.7 Å². The van der Waals surface area contributed by atoms with Crippen LogP contribution >= 0.6 is 11.5 Å². The fraction of sp³-hybridized carbons (Fsp3) is 0.800. The highest BCUT2D eigenvalue weighted by atomic mass is 32.1. The maximum absolute atomic E-state index is 5.83. The van der Waals surface area contributed by atoms with Crippen molar-refractivity contribution in [3.05, 3.63) is 6.33 Å². The van der Waals surface area contributed by atoms with Crippen molar-refractivity contribution in [3.63, 3.8) is 0 Å². The summed E-state index contributed by atoms with van der Waals surface area (Å²) in [5, 5.41) is 4.02. The van der Waals surface area contributed by atoms with Crippen LogP contribution in [0.4, 0.5) is 5.13 Å². The van der Waals surface area contributed by atoms with Gasteiger partial charge in [-0.15, -0.1) is 0 Å². The Morgan fingerprint density at radius 2 is 2.25 bits per heavy atom. The lowest BCUT2D eigenvalue weighted by atomic mass is 9.94. The van der Waals surface area contributed by atoms with E-state index < -0.39 is 0 Å². The lowest BCUT2D eigenvalue weighted by molar-refractivity contribution is 0.0313. The zero-order valence-corrected chi connectivity index (χ0v) is 10.1. The smallest absolute Gasteiger partial charge is 0.202 e. The summed E-state index contributed by atoms with van der Waals surface area (Å²) in [6.45, 7) is 1.51. The van der Waals surface area contributed by atoms with Gasteiger partial charge in [0.2, 0.25) is 5.13 Å². The molecule has 1 aromatic heterocycles. The second kappa shape index (κ2) is 6.12. The SMILES string of the molecule is NC1CCC(OCCNc2ncns2)CC1. The first kappa shape index (κ1) is 11.8. The van der Waals surface area contributed by atoms with Crippen molar-refractivity contribution in [2.75, 3.05) is 18.5 Å². The molecule has 16 heavy (non-hydrogen) atoms. The zero-order valence-electron chi connectivity index (χ0n) is 9.26. The Hall–Kier alpha value is -0.720. The van der Waals surface area contributed by atoms with Crippen LogP contribution in [0.2, 0.25) is 0 Å². The molecule has 0 spiro atoms. The molecule has 90 valence electrons. The molecule has 1 heterocycles. The second-order valence-electron chi connectivity index (χ2n) is 4.08. The number of nitrogens with one attached hydrogen (secondary N) is 1. The van der Waals surface area contributed by atoms with E-state index in [2.05, 4.69) is 14.7 Å². The van der Waals surface area contributed by atoms with E-state index in [1.54, 1.807) is 6.33 Å². The molecule has 0 aliphatic heterocycles. The molecule has 0 saturated heterocycles. The van der Waals surface area contributed by atoms with Crippen molar-refractivity contribution >= 4 is 16.7 Å². The maximum Gasteiger partial charge on any atom is 0.202 e. The molecule has 0 unspecified atom stereocenters. The Balaban J connectivity index is 1.55. The summed E-state index contributed by atoms with van der Waals surface area (Å²) in [6, 6.07) is 0.388. The number of nitrogens with two attached hydrogens (primary N) is 1. The van der Waals surface area contributed by atoms with Crippen molar-refractivity contribution < 1.29 is 4.74 Å². The van der Waals surface area contributed by atoms with Gasteiger partial charge < -0.3 is 15.8 Å². The van der Waals surface area contributed by atoms with E-state index in [1.165, 1.54) is 11.5 Å². The van der Waals surface area contributed by atoms with Gasteiger partial charge in [-0.3, -0.25) is 0 Å². The van der Waals surface area contributed by atoms with Gasteiger partial charge in [0.25, 0.3) is 0 Å². The van der Waals surface area contributed by atoms with E-state index in [-0.39, 0.29) is 0 Å². The van der Waals surface area contributed by atoms with Crippen LogP contribution in [0, 0.1) is 0 Å².